The van der Waals surface area contributed by atoms with Crippen LogP contribution in [0.15, 0.2) is 36.7 Å². The van der Waals surface area contributed by atoms with E-state index in [-0.39, 0.29) is 25.2 Å². The zero-order chi connectivity index (χ0) is 48.7. The fraction of sp³-hybridized carbons (Fsp3) is 0.538. The minimum absolute atomic E-state index is 0.239. The number of nitrogens with zero attached hydrogens (tertiary/aromatic N) is 4. The van der Waals surface area contributed by atoms with E-state index in [4.69, 9.17) is 62.6 Å². The summed E-state index contributed by atoms with van der Waals surface area (Å²) in [5.74, 6) is 0.301. The quantitative estimate of drug-likeness (QED) is 0.0513. The predicted octanol–water partition coefficient (Wildman–Crippen LogP) is 9.03. The molecule has 0 spiro atoms. The number of aromatic nitrogens is 5. The summed E-state index contributed by atoms with van der Waals surface area (Å²) in [6.07, 6.45) is 8.63. The molecule has 0 fully saturated rings. The van der Waals surface area contributed by atoms with Crippen molar-refractivity contribution >= 4 is 56.3 Å². The molecule has 3 aromatic rings. The maximum absolute atomic E-state index is 11.7. The first-order valence-corrected chi connectivity index (χ1v) is 23.9. The highest BCUT2D eigenvalue weighted by atomic mass is 16.6. The van der Waals surface area contributed by atoms with E-state index in [2.05, 4.69) is 44.8 Å². The van der Waals surface area contributed by atoms with Crippen molar-refractivity contribution < 1.29 is 52.2 Å². The Morgan fingerprint density at radius 2 is 1.04 bits per heavy atom. The molecule has 2 aromatic heterocycles. The van der Waals surface area contributed by atoms with Crippen LogP contribution in [0.1, 0.15) is 114 Å². The van der Waals surface area contributed by atoms with Gasteiger partial charge in [0, 0.05) is 45.2 Å². The van der Waals surface area contributed by atoms with Crippen LogP contribution >= 0.6 is 0 Å². The number of allylic oxidation sites excluding steroid dienone is 4. The Kier molecular flexibility index (Phi) is 22.6. The van der Waals surface area contributed by atoms with Gasteiger partial charge in [-0.1, -0.05) is 20.8 Å². The van der Waals surface area contributed by atoms with Gasteiger partial charge in [-0.05, 0) is 104 Å². The molecule has 2 aliphatic heterocycles. The van der Waals surface area contributed by atoms with Crippen molar-refractivity contribution in [3.05, 3.63) is 70.6 Å². The Labute approximate surface area is 400 Å². The van der Waals surface area contributed by atoms with Gasteiger partial charge in [0.15, 0.2) is 11.5 Å². The number of H-pyrrole nitrogens is 1. The zero-order valence-electron chi connectivity index (χ0n) is 41.4. The summed E-state index contributed by atoms with van der Waals surface area (Å²) in [6.45, 7) is 18.6. The number of carbonyl (C=O) groups excluding carboxylic acids is 2. The zero-order valence-corrected chi connectivity index (χ0v) is 41.4. The van der Waals surface area contributed by atoms with E-state index in [1.807, 2.05) is 25.3 Å². The number of methoxy groups -OCH3 is 1. The van der Waals surface area contributed by atoms with E-state index >= 15 is 0 Å². The number of rotatable bonds is 29. The summed E-state index contributed by atoms with van der Waals surface area (Å²) < 4.78 is 51.1. The van der Waals surface area contributed by atoms with Crippen LogP contribution in [0.2, 0.25) is 0 Å². The molecule has 16 nitrogen and oxygen atoms in total. The Balaban J connectivity index is 1.68. The molecule has 0 saturated carbocycles. The van der Waals surface area contributed by atoms with E-state index < -0.39 is 0 Å². The van der Waals surface area contributed by atoms with Crippen LogP contribution in [-0.2, 0) is 49.2 Å². The summed E-state index contributed by atoms with van der Waals surface area (Å²) >= 11 is 0. The van der Waals surface area contributed by atoms with E-state index in [1.54, 1.807) is 13.3 Å². The number of hydrogen-bond acceptors (Lipinski definition) is 15. The van der Waals surface area contributed by atoms with Gasteiger partial charge in [0.2, 0.25) is 0 Å². The van der Waals surface area contributed by atoms with Crippen molar-refractivity contribution in [2.24, 2.45) is 0 Å². The molecule has 0 atom stereocenters. The van der Waals surface area contributed by atoms with Gasteiger partial charge in [0.1, 0.15) is 13.2 Å². The fourth-order valence-corrected chi connectivity index (χ4v) is 7.83. The van der Waals surface area contributed by atoms with Gasteiger partial charge in [-0.15, -0.1) is 0 Å². The van der Waals surface area contributed by atoms with Gasteiger partial charge < -0.3 is 47.6 Å². The van der Waals surface area contributed by atoms with E-state index in [1.165, 1.54) is 19.4 Å². The first kappa shape index (κ1) is 53.4. The number of benzene rings is 1. The molecule has 5 rings (SSSR count). The monoisotopic (exact) mass is 942 g/mol. The summed E-state index contributed by atoms with van der Waals surface area (Å²) in [5.41, 5.74) is 12.4. The maximum atomic E-state index is 11.7. The summed E-state index contributed by atoms with van der Waals surface area (Å²) in [4.78, 5) is 47.5. The third-order valence-electron chi connectivity index (χ3n) is 11.3. The number of carbonyl (C=O) groups is 2. The minimum Gasteiger partial charge on any atom is -0.487 e. The Morgan fingerprint density at radius 1 is 0.544 bits per heavy atom. The topological polar surface area (TPSA) is 185 Å². The van der Waals surface area contributed by atoms with Crippen molar-refractivity contribution in [1.29, 1.82) is 0 Å². The second kappa shape index (κ2) is 28.7. The van der Waals surface area contributed by atoms with Crippen LogP contribution in [0.4, 0.5) is 0 Å². The minimum atomic E-state index is -0.313. The first-order valence-electron chi connectivity index (χ1n) is 23.9. The molecule has 16 heteroatoms. The lowest BCUT2D eigenvalue weighted by Crippen LogP contribution is -2.13. The third-order valence-corrected chi connectivity index (χ3v) is 11.3. The SMILES string of the molecule is CCCOCCOCCOc1cc2ncc3[nH]c(cc4nc(cc5nc(cnc2cc1OCCOCCOCCOC)C(C)=C5CCCOC(C)=O)C(CC)=C4CC)c(CCCOC(C)=O)c3C. The van der Waals surface area contributed by atoms with E-state index in [9.17, 15) is 9.59 Å². The molecule has 370 valence electrons. The largest absolute Gasteiger partial charge is 0.487 e. The molecule has 0 aliphatic carbocycles. The average Bonchev–Trinajstić information content (AvgIpc) is 3.92. The van der Waals surface area contributed by atoms with Crippen molar-refractivity contribution in [2.45, 2.75) is 93.4 Å². The highest BCUT2D eigenvalue weighted by Crippen LogP contribution is 2.38. The number of fused-ring (bicyclic) bond motifs is 7. The normalized spacial score (nSPS) is 12.4. The number of aryl methyl sites for hydroxylation is 2. The van der Waals surface area contributed by atoms with Gasteiger partial charge >= 0.3 is 11.9 Å². The van der Waals surface area contributed by atoms with Crippen LogP contribution in [0.5, 0.6) is 11.5 Å². The lowest BCUT2D eigenvalue weighted by molar-refractivity contribution is -0.142. The smallest absolute Gasteiger partial charge is 0.302 e. The van der Waals surface area contributed by atoms with Crippen molar-refractivity contribution in [1.82, 2.24) is 24.9 Å². The summed E-state index contributed by atoms with van der Waals surface area (Å²) in [5, 5.41) is 0. The predicted molar refractivity (Wildman–Crippen MR) is 263 cm³/mol. The lowest BCUT2D eigenvalue weighted by Gasteiger charge is -2.14. The van der Waals surface area contributed by atoms with Crippen LogP contribution in [0, 0.1) is 6.92 Å². The number of aromatic amines is 1. The van der Waals surface area contributed by atoms with Crippen LogP contribution in [0.3, 0.4) is 0 Å². The number of hydrogen-bond donors (Lipinski definition) is 1. The first-order chi connectivity index (χ1) is 33.1. The number of ether oxygens (including phenoxy) is 9. The molecule has 2 aliphatic rings. The Hall–Kier alpha value is -5.52. The molecular weight excluding hydrogens is 871 g/mol. The van der Waals surface area contributed by atoms with Crippen LogP contribution in [0.25, 0.3) is 44.4 Å². The second-order valence-corrected chi connectivity index (χ2v) is 16.2. The van der Waals surface area contributed by atoms with Crippen molar-refractivity contribution in [2.75, 3.05) is 93.0 Å². The summed E-state index contributed by atoms with van der Waals surface area (Å²) in [7, 11) is 1.64. The van der Waals surface area contributed by atoms with E-state index in [0.717, 1.165) is 75.2 Å². The van der Waals surface area contributed by atoms with Gasteiger partial charge in [0.25, 0.3) is 0 Å². The molecule has 0 saturated heterocycles. The number of nitrogens with one attached hydrogen (secondary N) is 1. The highest BCUT2D eigenvalue weighted by Gasteiger charge is 2.22. The van der Waals surface area contributed by atoms with Crippen LogP contribution in [-0.4, -0.2) is 130 Å². The fourth-order valence-electron chi connectivity index (χ4n) is 7.83. The second-order valence-electron chi connectivity index (χ2n) is 16.2. The molecular formula is C52H71N5O11. The molecule has 68 heavy (non-hydrogen) atoms. The molecule has 0 unspecified atom stereocenters. The van der Waals surface area contributed by atoms with Gasteiger partial charge in [-0.25, -0.2) is 9.97 Å². The van der Waals surface area contributed by atoms with Crippen LogP contribution < -0.4 is 9.47 Å². The molecule has 4 heterocycles. The molecule has 6 bridgehead atoms. The van der Waals surface area contributed by atoms with E-state index in [0.29, 0.717) is 127 Å². The molecule has 0 amide bonds. The molecule has 1 aromatic carbocycles. The Bertz CT molecular complexity index is 2410. The Morgan fingerprint density at radius 3 is 1.60 bits per heavy atom. The van der Waals surface area contributed by atoms with Crippen molar-refractivity contribution in [3.63, 3.8) is 0 Å². The third kappa shape index (κ3) is 16.0. The van der Waals surface area contributed by atoms with Gasteiger partial charge in [-0.2, -0.15) is 0 Å². The standard InChI is InChI=1S/C52H71N5O11/c1-9-16-61-21-22-63-25-27-67-51-31-47-48(32-52(51)68-28-26-64-24-23-62-20-19-60-8)54-34-50-36(5)42(15-13-18-66-38(7)59)46(57-50)30-44-40(11-3)39(10-2)43(55-44)29-45-41(14-12-17-65-37(6)58)35(4)49(56-45)33-53-47/h29-34,56H,9-28H2,1-8H3. The summed E-state index contributed by atoms with van der Waals surface area (Å²) in [6, 6.07) is 7.84. The van der Waals surface area contributed by atoms with Gasteiger partial charge in [-0.3, -0.25) is 19.6 Å². The molecule has 0 radical (unpaired) electrons. The van der Waals surface area contributed by atoms with Crippen molar-refractivity contribution in [3.8, 4) is 11.5 Å². The lowest BCUT2D eigenvalue weighted by atomic mass is 9.98. The van der Waals surface area contributed by atoms with Gasteiger partial charge in [0.05, 0.1) is 118 Å². The maximum Gasteiger partial charge on any atom is 0.302 e. The highest BCUT2D eigenvalue weighted by molar-refractivity contribution is 5.95. The number of esters is 2. The molecule has 1 N–H and O–H groups in total. The average molecular weight is 942 g/mol.